The van der Waals surface area contributed by atoms with Crippen LogP contribution < -0.4 is 5.32 Å². The number of amides is 1. The molecule has 6 heterocycles. The molecule has 1 saturated carbocycles. The van der Waals surface area contributed by atoms with Crippen LogP contribution in [0.5, 0.6) is 0 Å². The summed E-state index contributed by atoms with van der Waals surface area (Å²) < 4.78 is 16.0. The van der Waals surface area contributed by atoms with Crippen LogP contribution in [-0.4, -0.2) is 41.0 Å². The van der Waals surface area contributed by atoms with Crippen LogP contribution in [-0.2, 0) is 4.79 Å². The average molecular weight is 525 g/mol. The molecular weight excluding hydrogens is 503 g/mol. The molecule has 6 aromatic heterocycles. The van der Waals surface area contributed by atoms with Crippen LogP contribution in [0.25, 0.3) is 56.0 Å². The molecule has 9 nitrogen and oxygen atoms in total. The Hall–Kier alpha value is -4.51. The highest BCUT2D eigenvalue weighted by molar-refractivity contribution is 7.08. The van der Waals surface area contributed by atoms with Crippen molar-refractivity contribution in [3.05, 3.63) is 59.6 Å². The lowest BCUT2D eigenvalue weighted by Crippen LogP contribution is -2.20. The molecule has 1 aliphatic rings. The Balaban J connectivity index is 1.28. The number of anilines is 1. The molecule has 0 unspecified atom stereocenters. The Morgan fingerprint density at radius 3 is 2.82 bits per heavy atom. The first-order valence-corrected chi connectivity index (χ1v) is 13.3. The first kappa shape index (κ1) is 22.7. The Bertz CT molecular complexity index is 1800. The Kier molecular flexibility index (Phi) is 5.43. The molecule has 3 N–H and O–H groups in total. The van der Waals surface area contributed by atoms with Gasteiger partial charge in [-0.1, -0.05) is 12.8 Å². The standard InChI is InChI=1S/C27H21FN8OS/c28-21-20-19(12-31-22(21)16-9-17(11-29-10-16)32-27(37)14-3-1-2-4-14)35-36-24(20)26-33-23-18(15-6-8-38-13-15)5-7-30-25(23)34-26/h5-14H,1-4H2,(H,32,37)(H,35,36)(H,30,33,34). The lowest BCUT2D eigenvalue weighted by atomic mass is 10.1. The van der Waals surface area contributed by atoms with E-state index in [-0.39, 0.29) is 22.9 Å². The topological polar surface area (TPSA) is 125 Å². The summed E-state index contributed by atoms with van der Waals surface area (Å²) in [6.07, 6.45) is 10.2. The maximum absolute atomic E-state index is 16.0. The number of aromatic amines is 2. The molecule has 6 aromatic rings. The maximum Gasteiger partial charge on any atom is 0.227 e. The summed E-state index contributed by atoms with van der Waals surface area (Å²) >= 11 is 1.60. The van der Waals surface area contributed by atoms with Crippen LogP contribution in [0.1, 0.15) is 25.7 Å². The summed E-state index contributed by atoms with van der Waals surface area (Å²) in [5.41, 5.74) is 5.11. The SMILES string of the molecule is O=C(Nc1cncc(-c2ncc3[nH]nc(-c4nc5nccc(-c6ccsc6)c5[nH]4)c3c2F)c1)C1CCCC1. The quantitative estimate of drug-likeness (QED) is 0.256. The Morgan fingerprint density at radius 1 is 1.08 bits per heavy atom. The molecule has 0 spiro atoms. The van der Waals surface area contributed by atoms with Crippen molar-refractivity contribution < 1.29 is 9.18 Å². The van der Waals surface area contributed by atoms with E-state index >= 15 is 4.39 Å². The molecule has 0 aliphatic heterocycles. The molecule has 11 heteroatoms. The second-order valence-corrected chi connectivity index (χ2v) is 10.1. The van der Waals surface area contributed by atoms with Gasteiger partial charge < -0.3 is 10.3 Å². The van der Waals surface area contributed by atoms with Crippen LogP contribution in [0.3, 0.4) is 0 Å². The molecule has 0 saturated heterocycles. The molecule has 1 amide bonds. The number of pyridine rings is 3. The normalized spacial score (nSPS) is 14.0. The van der Waals surface area contributed by atoms with Gasteiger partial charge in [0.25, 0.3) is 0 Å². The fourth-order valence-corrected chi connectivity index (χ4v) is 5.76. The molecule has 0 bridgehead atoms. The number of imidazole rings is 1. The van der Waals surface area contributed by atoms with Crippen LogP contribution in [0.2, 0.25) is 0 Å². The fraction of sp³-hybridized carbons (Fsp3) is 0.185. The summed E-state index contributed by atoms with van der Waals surface area (Å²) in [7, 11) is 0. The number of H-pyrrole nitrogens is 2. The largest absolute Gasteiger partial charge is 0.335 e. The molecular formula is C27H21FN8OS. The Labute approximate surface area is 219 Å². The summed E-state index contributed by atoms with van der Waals surface area (Å²) in [6.45, 7) is 0. The van der Waals surface area contributed by atoms with E-state index < -0.39 is 5.82 Å². The van der Waals surface area contributed by atoms with Gasteiger partial charge >= 0.3 is 0 Å². The molecule has 38 heavy (non-hydrogen) atoms. The third-order valence-corrected chi connectivity index (χ3v) is 7.68. The summed E-state index contributed by atoms with van der Waals surface area (Å²) in [6, 6.07) is 5.64. The van der Waals surface area contributed by atoms with E-state index in [1.807, 2.05) is 17.5 Å². The number of aromatic nitrogens is 7. The molecule has 0 aromatic carbocycles. The molecule has 0 radical (unpaired) electrons. The number of thiophene rings is 1. The Morgan fingerprint density at radius 2 is 1.97 bits per heavy atom. The lowest BCUT2D eigenvalue weighted by molar-refractivity contribution is -0.119. The highest BCUT2D eigenvalue weighted by Gasteiger charge is 2.24. The molecule has 1 aliphatic carbocycles. The van der Waals surface area contributed by atoms with Gasteiger partial charge in [-0.05, 0) is 47.4 Å². The number of carbonyl (C=O) groups is 1. The van der Waals surface area contributed by atoms with Crippen molar-refractivity contribution in [2.45, 2.75) is 25.7 Å². The first-order chi connectivity index (χ1) is 18.7. The number of fused-ring (bicyclic) bond motifs is 2. The van der Waals surface area contributed by atoms with E-state index in [0.29, 0.717) is 33.9 Å². The first-order valence-electron chi connectivity index (χ1n) is 12.3. The maximum atomic E-state index is 16.0. The summed E-state index contributed by atoms with van der Waals surface area (Å²) in [4.78, 5) is 33.4. The minimum absolute atomic E-state index is 0.0110. The van der Waals surface area contributed by atoms with Crippen molar-refractivity contribution >= 4 is 45.0 Å². The van der Waals surface area contributed by atoms with Crippen LogP contribution in [0.4, 0.5) is 10.1 Å². The van der Waals surface area contributed by atoms with Crippen LogP contribution in [0.15, 0.2) is 53.7 Å². The van der Waals surface area contributed by atoms with Crippen molar-refractivity contribution in [2.24, 2.45) is 5.92 Å². The minimum Gasteiger partial charge on any atom is -0.335 e. The fourth-order valence-electron chi connectivity index (χ4n) is 5.10. The smallest absolute Gasteiger partial charge is 0.227 e. The van der Waals surface area contributed by atoms with E-state index in [0.717, 1.165) is 42.3 Å². The van der Waals surface area contributed by atoms with E-state index in [9.17, 15) is 4.79 Å². The van der Waals surface area contributed by atoms with E-state index in [4.69, 9.17) is 0 Å². The number of hydrogen-bond acceptors (Lipinski definition) is 7. The number of hydrogen-bond donors (Lipinski definition) is 3. The van der Waals surface area contributed by atoms with Crippen molar-refractivity contribution in [2.75, 3.05) is 5.32 Å². The molecule has 1 fully saturated rings. The van der Waals surface area contributed by atoms with Gasteiger partial charge in [-0.3, -0.25) is 19.9 Å². The monoisotopic (exact) mass is 524 g/mol. The lowest BCUT2D eigenvalue weighted by Gasteiger charge is -2.11. The van der Waals surface area contributed by atoms with Gasteiger partial charge in [0.15, 0.2) is 17.3 Å². The highest BCUT2D eigenvalue weighted by atomic mass is 32.1. The molecule has 7 rings (SSSR count). The van der Waals surface area contributed by atoms with Crippen molar-refractivity contribution in [1.29, 1.82) is 0 Å². The highest BCUT2D eigenvalue weighted by Crippen LogP contribution is 2.35. The number of nitrogens with zero attached hydrogens (tertiary/aromatic N) is 5. The zero-order chi connectivity index (χ0) is 25.6. The van der Waals surface area contributed by atoms with E-state index in [1.165, 1.54) is 12.4 Å². The average Bonchev–Trinajstić information content (AvgIpc) is 3.74. The predicted octanol–water partition coefficient (Wildman–Crippen LogP) is 5.95. The summed E-state index contributed by atoms with van der Waals surface area (Å²) in [5.74, 6) is -0.174. The van der Waals surface area contributed by atoms with Crippen molar-refractivity contribution in [3.8, 4) is 33.9 Å². The zero-order valence-electron chi connectivity index (χ0n) is 20.0. The third-order valence-electron chi connectivity index (χ3n) is 7.00. The van der Waals surface area contributed by atoms with Gasteiger partial charge in [-0.25, -0.2) is 14.4 Å². The van der Waals surface area contributed by atoms with Gasteiger partial charge in [0, 0.05) is 29.4 Å². The van der Waals surface area contributed by atoms with Crippen molar-refractivity contribution in [3.63, 3.8) is 0 Å². The van der Waals surface area contributed by atoms with Gasteiger partial charge in [0.1, 0.15) is 11.4 Å². The summed E-state index contributed by atoms with van der Waals surface area (Å²) in [5, 5.41) is 14.4. The van der Waals surface area contributed by atoms with Gasteiger partial charge in [-0.2, -0.15) is 16.4 Å². The van der Waals surface area contributed by atoms with Crippen molar-refractivity contribution in [1.82, 2.24) is 35.1 Å². The number of carbonyl (C=O) groups excluding carboxylic acids is 1. The van der Waals surface area contributed by atoms with Gasteiger partial charge in [0.2, 0.25) is 5.91 Å². The molecule has 188 valence electrons. The third kappa shape index (κ3) is 3.82. The second kappa shape index (κ2) is 9.10. The van der Waals surface area contributed by atoms with Crippen LogP contribution >= 0.6 is 11.3 Å². The zero-order valence-corrected chi connectivity index (χ0v) is 20.8. The minimum atomic E-state index is -0.557. The number of rotatable bonds is 5. The second-order valence-electron chi connectivity index (χ2n) is 9.37. The van der Waals surface area contributed by atoms with Crippen LogP contribution in [0, 0.1) is 11.7 Å². The number of halogens is 1. The van der Waals surface area contributed by atoms with E-state index in [1.54, 1.807) is 29.8 Å². The number of nitrogens with one attached hydrogen (secondary N) is 3. The predicted molar refractivity (Wildman–Crippen MR) is 144 cm³/mol. The molecule has 0 atom stereocenters. The van der Waals surface area contributed by atoms with Gasteiger partial charge in [-0.15, -0.1) is 0 Å². The van der Waals surface area contributed by atoms with E-state index in [2.05, 4.69) is 45.8 Å². The van der Waals surface area contributed by atoms with Gasteiger partial charge in [0.05, 0.1) is 34.5 Å².